The fourth-order valence-electron chi connectivity index (χ4n) is 0.912. The summed E-state index contributed by atoms with van der Waals surface area (Å²) in [4.78, 5) is 0. The van der Waals surface area contributed by atoms with E-state index in [4.69, 9.17) is 0 Å². The van der Waals surface area contributed by atoms with E-state index in [1.54, 1.807) is 0 Å². The van der Waals surface area contributed by atoms with E-state index in [1.807, 2.05) is 0 Å². The quantitative estimate of drug-likeness (QED) is 0.496. The highest BCUT2D eigenvalue weighted by atomic mass is 19.4. The van der Waals surface area contributed by atoms with Gasteiger partial charge in [0.15, 0.2) is 0 Å². The maximum atomic E-state index is 12.1. The van der Waals surface area contributed by atoms with Crippen molar-refractivity contribution in [2.24, 2.45) is 0 Å². The molecule has 6 heteroatoms. The van der Waals surface area contributed by atoms with Gasteiger partial charge in [-0.15, -0.1) is 0 Å². The van der Waals surface area contributed by atoms with Crippen LogP contribution in [0.4, 0.5) is 26.3 Å². The van der Waals surface area contributed by atoms with Crippen LogP contribution in [0.3, 0.4) is 0 Å². The van der Waals surface area contributed by atoms with E-state index >= 15 is 0 Å². The monoisotopic (exact) mass is 246 g/mol. The first-order chi connectivity index (χ1) is 7.06. The smallest absolute Gasteiger partial charge is 0.171 e. The van der Waals surface area contributed by atoms with Gasteiger partial charge in [-0.2, -0.15) is 26.3 Å². The predicted octanol–water partition coefficient (Wildman–Crippen LogP) is 4.78. The number of rotatable bonds is 3. The second kappa shape index (κ2) is 5.41. The summed E-state index contributed by atoms with van der Waals surface area (Å²) in [5.74, 6) is 0. The van der Waals surface area contributed by atoms with Gasteiger partial charge in [0.1, 0.15) is 0 Å². The molecule has 0 bridgehead atoms. The van der Waals surface area contributed by atoms with Gasteiger partial charge < -0.3 is 0 Å². The third kappa shape index (κ3) is 6.53. The van der Waals surface area contributed by atoms with Crippen molar-refractivity contribution in [3.05, 3.63) is 23.3 Å². The van der Waals surface area contributed by atoms with Crippen LogP contribution < -0.4 is 0 Å². The first-order valence-electron chi connectivity index (χ1n) is 4.57. The summed E-state index contributed by atoms with van der Waals surface area (Å²) in [6.07, 6.45) is -8.45. The SMILES string of the molecule is CCC(=C/CC(F)(F)F)/C=C(\C)C(F)(F)F. The Morgan fingerprint density at radius 1 is 1.06 bits per heavy atom. The maximum absolute atomic E-state index is 12.1. The predicted molar refractivity (Wildman–Crippen MR) is 48.9 cm³/mol. The van der Waals surface area contributed by atoms with Gasteiger partial charge in [0.05, 0.1) is 6.42 Å². The molecule has 0 aliphatic heterocycles. The minimum Gasteiger partial charge on any atom is -0.171 e. The third-order valence-electron chi connectivity index (χ3n) is 1.85. The Morgan fingerprint density at radius 2 is 1.56 bits per heavy atom. The van der Waals surface area contributed by atoms with Gasteiger partial charge in [-0.1, -0.05) is 24.6 Å². The molecular weight excluding hydrogens is 234 g/mol. The molecule has 94 valence electrons. The van der Waals surface area contributed by atoms with Crippen molar-refractivity contribution in [1.29, 1.82) is 0 Å². The van der Waals surface area contributed by atoms with E-state index in [0.717, 1.165) is 19.1 Å². The molecule has 0 unspecified atom stereocenters. The van der Waals surface area contributed by atoms with Gasteiger partial charge >= 0.3 is 12.4 Å². The third-order valence-corrected chi connectivity index (χ3v) is 1.85. The Hall–Kier alpha value is -0.940. The lowest BCUT2D eigenvalue weighted by Gasteiger charge is -2.08. The first kappa shape index (κ1) is 15.1. The summed E-state index contributed by atoms with van der Waals surface area (Å²) < 4.78 is 71.8. The molecular formula is C10H12F6. The average Bonchev–Trinajstić information content (AvgIpc) is 2.08. The van der Waals surface area contributed by atoms with Gasteiger partial charge in [-0.3, -0.25) is 0 Å². The number of alkyl halides is 6. The second-order valence-corrected chi connectivity index (χ2v) is 3.28. The Kier molecular flexibility index (Phi) is 5.09. The normalized spacial score (nSPS) is 15.5. The van der Waals surface area contributed by atoms with E-state index in [9.17, 15) is 26.3 Å². The van der Waals surface area contributed by atoms with Crippen molar-refractivity contribution in [2.75, 3.05) is 0 Å². The lowest BCUT2D eigenvalue weighted by atomic mass is 10.1. The van der Waals surface area contributed by atoms with Crippen molar-refractivity contribution in [3.63, 3.8) is 0 Å². The lowest BCUT2D eigenvalue weighted by Crippen LogP contribution is -2.09. The summed E-state index contributed by atoms with van der Waals surface area (Å²) in [5.41, 5.74) is -0.866. The van der Waals surface area contributed by atoms with Crippen LogP contribution in [0.2, 0.25) is 0 Å². The van der Waals surface area contributed by atoms with E-state index in [1.165, 1.54) is 6.92 Å². The minimum atomic E-state index is -4.49. The van der Waals surface area contributed by atoms with Crippen molar-refractivity contribution >= 4 is 0 Å². The minimum absolute atomic E-state index is 0.0344. The molecule has 0 atom stereocenters. The van der Waals surface area contributed by atoms with Crippen molar-refractivity contribution in [1.82, 2.24) is 0 Å². The standard InChI is InChI=1S/C10H12F6/c1-3-8(4-5-9(11,12)13)6-7(2)10(14,15)16/h4,6H,3,5H2,1-2H3/b7-6+,8-4-. The van der Waals surface area contributed by atoms with Crippen LogP contribution in [0.5, 0.6) is 0 Å². The van der Waals surface area contributed by atoms with E-state index in [-0.39, 0.29) is 12.0 Å². The number of allylic oxidation sites excluding steroid dienone is 4. The van der Waals surface area contributed by atoms with Gasteiger partial charge in [0, 0.05) is 5.57 Å². The van der Waals surface area contributed by atoms with Crippen molar-refractivity contribution in [2.45, 2.75) is 39.0 Å². The summed E-state index contributed by atoms with van der Waals surface area (Å²) >= 11 is 0. The van der Waals surface area contributed by atoms with Gasteiger partial charge in [0.2, 0.25) is 0 Å². The molecule has 0 saturated carbocycles. The molecule has 0 nitrogen and oxygen atoms in total. The number of halogens is 6. The van der Waals surface area contributed by atoms with Crippen molar-refractivity contribution < 1.29 is 26.3 Å². The fraction of sp³-hybridized carbons (Fsp3) is 0.600. The molecule has 0 aromatic heterocycles. The van der Waals surface area contributed by atoms with Gasteiger partial charge in [-0.05, 0) is 13.3 Å². The van der Waals surface area contributed by atoms with Crippen molar-refractivity contribution in [3.8, 4) is 0 Å². The highest BCUT2D eigenvalue weighted by molar-refractivity contribution is 5.24. The molecule has 0 radical (unpaired) electrons. The van der Waals surface area contributed by atoms with Crippen LogP contribution >= 0.6 is 0 Å². The van der Waals surface area contributed by atoms with E-state index < -0.39 is 24.3 Å². The molecule has 0 fully saturated rings. The van der Waals surface area contributed by atoms with Crippen LogP contribution in [0.25, 0.3) is 0 Å². The Bertz CT molecular complexity index is 279. The molecule has 0 aromatic rings. The fourth-order valence-corrected chi connectivity index (χ4v) is 0.912. The lowest BCUT2D eigenvalue weighted by molar-refractivity contribution is -0.125. The van der Waals surface area contributed by atoms with Crippen LogP contribution in [-0.4, -0.2) is 12.4 Å². The Balaban J connectivity index is 4.77. The molecule has 0 aliphatic rings. The zero-order valence-corrected chi connectivity index (χ0v) is 8.84. The largest absolute Gasteiger partial charge is 0.412 e. The zero-order valence-electron chi connectivity index (χ0n) is 8.84. The summed E-state index contributed by atoms with van der Waals surface area (Å²) in [5, 5.41) is 0. The highest BCUT2D eigenvalue weighted by Crippen LogP contribution is 2.27. The number of hydrogen-bond donors (Lipinski definition) is 0. The molecule has 0 spiro atoms. The second-order valence-electron chi connectivity index (χ2n) is 3.28. The van der Waals surface area contributed by atoms with Crippen LogP contribution in [0.15, 0.2) is 23.3 Å². The molecule has 0 aliphatic carbocycles. The van der Waals surface area contributed by atoms with Gasteiger partial charge in [0.25, 0.3) is 0 Å². The molecule has 0 amide bonds. The molecule has 16 heavy (non-hydrogen) atoms. The zero-order chi connectivity index (χ0) is 13.0. The van der Waals surface area contributed by atoms with Crippen LogP contribution in [0, 0.1) is 0 Å². The molecule has 0 heterocycles. The van der Waals surface area contributed by atoms with E-state index in [0.29, 0.717) is 0 Å². The molecule has 0 saturated heterocycles. The topological polar surface area (TPSA) is 0 Å². The summed E-state index contributed by atoms with van der Waals surface area (Å²) in [6.45, 7) is 2.33. The van der Waals surface area contributed by atoms with Gasteiger partial charge in [-0.25, -0.2) is 0 Å². The highest BCUT2D eigenvalue weighted by Gasteiger charge is 2.30. The Labute approximate surface area is 89.6 Å². The van der Waals surface area contributed by atoms with E-state index in [2.05, 4.69) is 0 Å². The Morgan fingerprint density at radius 3 is 1.88 bits per heavy atom. The summed E-state index contributed by atoms with van der Waals surface area (Å²) in [7, 11) is 0. The van der Waals surface area contributed by atoms with Crippen LogP contribution in [0.1, 0.15) is 26.7 Å². The molecule has 0 rings (SSSR count). The first-order valence-corrected chi connectivity index (χ1v) is 4.57. The van der Waals surface area contributed by atoms with Crippen LogP contribution in [-0.2, 0) is 0 Å². The number of hydrogen-bond acceptors (Lipinski definition) is 0. The molecule has 0 N–H and O–H groups in total. The molecule has 0 aromatic carbocycles. The average molecular weight is 246 g/mol. The summed E-state index contributed by atoms with van der Waals surface area (Å²) in [6, 6.07) is 0. The maximum Gasteiger partial charge on any atom is 0.412 e.